The van der Waals surface area contributed by atoms with E-state index in [0.29, 0.717) is 26.9 Å². The molecule has 0 spiro atoms. The molecule has 4 unspecified atom stereocenters. The van der Waals surface area contributed by atoms with E-state index in [1.807, 2.05) is 13.0 Å². The van der Waals surface area contributed by atoms with E-state index < -0.39 is 0 Å². The third-order valence-electron chi connectivity index (χ3n) is 6.10. The predicted molar refractivity (Wildman–Crippen MR) is 128 cm³/mol. The van der Waals surface area contributed by atoms with Gasteiger partial charge in [-0.2, -0.15) is 0 Å². The third-order valence-corrected chi connectivity index (χ3v) is 7.10. The summed E-state index contributed by atoms with van der Waals surface area (Å²) in [6.07, 6.45) is 1.98. The third kappa shape index (κ3) is 5.39. The highest BCUT2D eigenvalue weighted by atomic mass is 31.1. The SMILES string of the molecule is C=C(C(=O)OC)C(C)C(CC(C)CC)(c1ccccc1)c1ccc(POCC)cc1. The standard InChI is InChI=1S/C26H35O3P/c1-7-19(3)18-26(22-12-10-9-11-13-22,21(5)20(4)25(27)28-6)23-14-16-24(17-15-23)30-29-8-2/h9-17,19,21,30H,4,7-8,18H2,1-3,5-6H3. The molecule has 2 aromatic rings. The molecular formula is C26H35O3P. The van der Waals surface area contributed by atoms with Crippen LogP contribution in [0.5, 0.6) is 0 Å². The Morgan fingerprint density at radius 2 is 1.63 bits per heavy atom. The summed E-state index contributed by atoms with van der Waals surface area (Å²) in [6.45, 7) is 13.4. The van der Waals surface area contributed by atoms with E-state index in [1.165, 1.54) is 23.5 Å². The second kappa shape index (κ2) is 11.4. The van der Waals surface area contributed by atoms with Crippen LogP contribution in [0.25, 0.3) is 0 Å². The Morgan fingerprint density at radius 1 is 1.03 bits per heavy atom. The van der Waals surface area contributed by atoms with Crippen LogP contribution in [0, 0.1) is 11.8 Å². The molecule has 30 heavy (non-hydrogen) atoms. The minimum Gasteiger partial charge on any atom is -0.466 e. The van der Waals surface area contributed by atoms with E-state index >= 15 is 0 Å². The average molecular weight is 427 g/mol. The van der Waals surface area contributed by atoms with Crippen LogP contribution in [0.15, 0.2) is 66.7 Å². The van der Waals surface area contributed by atoms with Gasteiger partial charge < -0.3 is 9.26 Å². The van der Waals surface area contributed by atoms with Crippen molar-refractivity contribution in [2.75, 3.05) is 13.7 Å². The highest BCUT2D eigenvalue weighted by molar-refractivity contribution is 7.41. The molecule has 0 fully saturated rings. The van der Waals surface area contributed by atoms with E-state index in [9.17, 15) is 4.79 Å². The quantitative estimate of drug-likeness (QED) is 0.250. The fourth-order valence-electron chi connectivity index (χ4n) is 4.11. The highest BCUT2D eigenvalue weighted by Crippen LogP contribution is 2.47. The first-order chi connectivity index (χ1) is 14.4. The summed E-state index contributed by atoms with van der Waals surface area (Å²) in [5.74, 6) is 0.00558. The van der Waals surface area contributed by atoms with Crippen LogP contribution in [0.2, 0.25) is 0 Å². The summed E-state index contributed by atoms with van der Waals surface area (Å²) in [7, 11) is 1.76. The van der Waals surface area contributed by atoms with Crippen molar-refractivity contribution in [2.45, 2.75) is 46.0 Å². The highest BCUT2D eigenvalue weighted by Gasteiger charge is 2.43. The van der Waals surface area contributed by atoms with Crippen LogP contribution in [0.3, 0.4) is 0 Å². The number of esters is 1. The molecular weight excluding hydrogens is 391 g/mol. The van der Waals surface area contributed by atoms with E-state index in [-0.39, 0.29) is 17.3 Å². The van der Waals surface area contributed by atoms with Gasteiger partial charge in [-0.25, -0.2) is 4.79 Å². The second-order valence-corrected chi connectivity index (χ2v) is 8.98. The minimum absolute atomic E-state index is 0.124. The molecule has 0 radical (unpaired) electrons. The summed E-state index contributed by atoms with van der Waals surface area (Å²) in [6, 6.07) is 19.2. The van der Waals surface area contributed by atoms with Crippen LogP contribution in [-0.2, 0) is 19.5 Å². The maximum absolute atomic E-state index is 12.5. The van der Waals surface area contributed by atoms with Gasteiger partial charge in [0.1, 0.15) is 0 Å². The van der Waals surface area contributed by atoms with Gasteiger partial charge in [0, 0.05) is 32.3 Å². The molecule has 162 valence electrons. The smallest absolute Gasteiger partial charge is 0.333 e. The van der Waals surface area contributed by atoms with Crippen LogP contribution >= 0.6 is 8.81 Å². The Balaban J connectivity index is 2.67. The number of rotatable bonds is 11. The largest absolute Gasteiger partial charge is 0.466 e. The van der Waals surface area contributed by atoms with Crippen molar-refractivity contribution in [3.8, 4) is 0 Å². The van der Waals surface area contributed by atoms with Crippen LogP contribution in [-0.4, -0.2) is 19.7 Å². The Labute approximate surface area is 183 Å². The molecule has 2 rings (SSSR count). The summed E-state index contributed by atoms with van der Waals surface area (Å²) in [5.41, 5.74) is 2.51. The lowest BCUT2D eigenvalue weighted by molar-refractivity contribution is -0.136. The zero-order valence-corrected chi connectivity index (χ0v) is 19.9. The fourth-order valence-corrected chi connectivity index (χ4v) is 4.72. The maximum Gasteiger partial charge on any atom is 0.333 e. The Kier molecular flexibility index (Phi) is 9.27. The Morgan fingerprint density at radius 3 is 2.17 bits per heavy atom. The molecule has 0 N–H and O–H groups in total. The lowest BCUT2D eigenvalue weighted by atomic mass is 9.60. The molecule has 0 heterocycles. The lowest BCUT2D eigenvalue weighted by Gasteiger charge is -2.43. The Bertz CT molecular complexity index is 816. The molecule has 0 aliphatic heterocycles. The van der Waals surface area contributed by atoms with Gasteiger partial charge in [0.15, 0.2) is 0 Å². The second-order valence-electron chi connectivity index (χ2n) is 7.91. The van der Waals surface area contributed by atoms with E-state index in [1.54, 1.807) is 0 Å². The number of carbonyl (C=O) groups is 1. The summed E-state index contributed by atoms with van der Waals surface area (Å²) in [5, 5.41) is 1.17. The van der Waals surface area contributed by atoms with Crippen molar-refractivity contribution in [1.82, 2.24) is 0 Å². The van der Waals surface area contributed by atoms with E-state index in [4.69, 9.17) is 9.26 Å². The number of hydrogen-bond acceptors (Lipinski definition) is 3. The van der Waals surface area contributed by atoms with Crippen molar-refractivity contribution >= 4 is 20.1 Å². The number of methoxy groups -OCH3 is 1. The van der Waals surface area contributed by atoms with Crippen molar-refractivity contribution in [1.29, 1.82) is 0 Å². The first-order valence-corrected chi connectivity index (χ1v) is 11.6. The van der Waals surface area contributed by atoms with E-state index in [0.717, 1.165) is 12.8 Å². The van der Waals surface area contributed by atoms with Gasteiger partial charge >= 0.3 is 5.97 Å². The van der Waals surface area contributed by atoms with E-state index in [2.05, 4.69) is 75.9 Å². The summed E-state index contributed by atoms with van der Waals surface area (Å²) in [4.78, 5) is 12.5. The number of benzene rings is 2. The zero-order valence-electron chi connectivity index (χ0n) is 18.9. The molecule has 0 aliphatic rings. The first-order valence-electron chi connectivity index (χ1n) is 10.7. The monoisotopic (exact) mass is 426 g/mol. The van der Waals surface area contributed by atoms with Crippen molar-refractivity contribution in [3.63, 3.8) is 0 Å². The molecule has 0 saturated heterocycles. The van der Waals surface area contributed by atoms with Crippen molar-refractivity contribution < 1.29 is 14.1 Å². The molecule has 0 saturated carbocycles. The number of carbonyl (C=O) groups excluding carboxylic acids is 1. The van der Waals surface area contributed by atoms with Gasteiger partial charge in [-0.1, -0.05) is 88.4 Å². The maximum atomic E-state index is 12.5. The van der Waals surface area contributed by atoms with Gasteiger partial charge in [-0.05, 0) is 35.7 Å². The number of ether oxygens (including phenoxy) is 1. The summed E-state index contributed by atoms with van der Waals surface area (Å²) < 4.78 is 10.6. The normalized spacial score (nSPS) is 15.5. The molecule has 3 nitrogen and oxygen atoms in total. The minimum atomic E-state index is -0.380. The zero-order chi connectivity index (χ0) is 22.1. The molecule has 4 atom stereocenters. The first kappa shape index (κ1) is 24.3. The van der Waals surface area contributed by atoms with Gasteiger partial charge in [0.2, 0.25) is 0 Å². The van der Waals surface area contributed by atoms with Crippen molar-refractivity contribution in [2.24, 2.45) is 11.8 Å². The Hall–Kier alpha value is -1.96. The van der Waals surface area contributed by atoms with Crippen molar-refractivity contribution in [3.05, 3.63) is 77.9 Å². The average Bonchev–Trinajstić information content (AvgIpc) is 2.80. The number of hydrogen-bond donors (Lipinski definition) is 0. The molecule has 0 aliphatic carbocycles. The summed E-state index contributed by atoms with van der Waals surface area (Å²) >= 11 is 0. The predicted octanol–water partition coefficient (Wildman–Crippen LogP) is 6.03. The molecule has 0 amide bonds. The molecule has 4 heteroatoms. The fraction of sp³-hybridized carbons (Fsp3) is 0.423. The molecule has 0 bridgehead atoms. The topological polar surface area (TPSA) is 35.5 Å². The van der Waals surface area contributed by atoms with Gasteiger partial charge in [0.05, 0.1) is 7.11 Å². The van der Waals surface area contributed by atoms with Gasteiger partial charge in [-0.3, -0.25) is 0 Å². The van der Waals surface area contributed by atoms with Crippen LogP contribution in [0.4, 0.5) is 0 Å². The van der Waals surface area contributed by atoms with Gasteiger partial charge in [-0.15, -0.1) is 0 Å². The molecule has 2 aromatic carbocycles. The van der Waals surface area contributed by atoms with Gasteiger partial charge in [0.25, 0.3) is 0 Å². The lowest BCUT2D eigenvalue weighted by Crippen LogP contribution is -2.39. The molecule has 0 aromatic heterocycles. The van der Waals surface area contributed by atoms with Crippen LogP contribution < -0.4 is 5.30 Å². The van der Waals surface area contributed by atoms with Crippen LogP contribution in [0.1, 0.15) is 51.7 Å².